The summed E-state index contributed by atoms with van der Waals surface area (Å²) < 4.78 is 32.3. The van der Waals surface area contributed by atoms with E-state index in [0.717, 1.165) is 17.0 Å². The molecule has 146 valence electrons. The van der Waals surface area contributed by atoms with Crippen LogP contribution >= 0.6 is 0 Å². The van der Waals surface area contributed by atoms with Gasteiger partial charge in [0, 0.05) is 0 Å². The highest BCUT2D eigenvalue weighted by molar-refractivity contribution is 5.58. The fraction of sp³-hybridized carbons (Fsp3) is 0.190. The van der Waals surface area contributed by atoms with Crippen molar-refractivity contribution in [2.24, 2.45) is 0 Å². The molecular formula is C21H17FN4O3. The first-order chi connectivity index (χ1) is 14.2. The van der Waals surface area contributed by atoms with Crippen molar-refractivity contribution in [1.82, 2.24) is 19.9 Å². The molecule has 4 aromatic rings. The van der Waals surface area contributed by atoms with Gasteiger partial charge in [0.2, 0.25) is 5.82 Å². The van der Waals surface area contributed by atoms with E-state index in [4.69, 9.17) is 14.0 Å². The van der Waals surface area contributed by atoms with Gasteiger partial charge in [-0.25, -0.2) is 4.39 Å². The smallest absolute Gasteiger partial charge is 0.278 e. The highest BCUT2D eigenvalue weighted by atomic mass is 19.1. The molecule has 0 saturated heterocycles. The van der Waals surface area contributed by atoms with Crippen LogP contribution in [-0.2, 0) is 17.9 Å². The zero-order chi connectivity index (χ0) is 19.8. The summed E-state index contributed by atoms with van der Waals surface area (Å²) in [6.45, 7) is 0.980. The van der Waals surface area contributed by atoms with Gasteiger partial charge in [-0.15, -0.1) is 0 Å². The third-order valence-electron chi connectivity index (χ3n) is 4.88. The quantitative estimate of drug-likeness (QED) is 0.522. The molecule has 7 nitrogen and oxygen atoms in total. The van der Waals surface area contributed by atoms with Crippen LogP contribution in [0.4, 0.5) is 4.39 Å². The van der Waals surface area contributed by atoms with Crippen molar-refractivity contribution in [3.05, 3.63) is 71.7 Å². The lowest BCUT2D eigenvalue weighted by Gasteiger charge is -2.24. The van der Waals surface area contributed by atoms with Gasteiger partial charge in [0.25, 0.3) is 5.89 Å². The average molecular weight is 392 g/mol. The lowest BCUT2D eigenvalue weighted by molar-refractivity contribution is -0.00115. The van der Waals surface area contributed by atoms with Crippen LogP contribution in [0.2, 0.25) is 0 Å². The van der Waals surface area contributed by atoms with Gasteiger partial charge in [0.1, 0.15) is 17.7 Å². The Kier molecular flexibility index (Phi) is 4.33. The van der Waals surface area contributed by atoms with E-state index < -0.39 is 5.82 Å². The average Bonchev–Trinajstić information content (AvgIpc) is 3.40. The number of nitrogens with zero attached hydrogens (tertiary/aromatic N) is 4. The molecule has 1 aliphatic heterocycles. The minimum absolute atomic E-state index is 0.113. The highest BCUT2D eigenvalue weighted by Gasteiger charge is 2.24. The number of methoxy groups -OCH3 is 1. The number of fused-ring (bicyclic) bond motifs is 1. The number of halogens is 1. The first-order valence-electron chi connectivity index (χ1n) is 9.12. The van der Waals surface area contributed by atoms with Gasteiger partial charge in [0.15, 0.2) is 5.69 Å². The van der Waals surface area contributed by atoms with Gasteiger partial charge in [-0.1, -0.05) is 29.4 Å². The second kappa shape index (κ2) is 7.14. The molecule has 0 spiro atoms. The molecule has 0 radical (unpaired) electrons. The molecule has 0 N–H and O–H groups in total. The lowest BCUT2D eigenvalue weighted by atomic mass is 10.1. The summed E-state index contributed by atoms with van der Waals surface area (Å²) >= 11 is 0. The number of hydrogen-bond donors (Lipinski definition) is 0. The van der Waals surface area contributed by atoms with E-state index >= 15 is 0 Å². The summed E-state index contributed by atoms with van der Waals surface area (Å²) in [6, 6.07) is 15.9. The number of ether oxygens (including phenoxy) is 2. The summed E-state index contributed by atoms with van der Waals surface area (Å²) in [5, 5.41) is 8.47. The Morgan fingerprint density at radius 3 is 2.76 bits per heavy atom. The maximum absolute atomic E-state index is 14.0. The van der Waals surface area contributed by atoms with Gasteiger partial charge >= 0.3 is 0 Å². The number of aromatic nitrogens is 4. The predicted molar refractivity (Wildman–Crippen MR) is 101 cm³/mol. The Morgan fingerprint density at radius 1 is 1.14 bits per heavy atom. The van der Waals surface area contributed by atoms with Gasteiger partial charge < -0.3 is 14.0 Å². The summed E-state index contributed by atoms with van der Waals surface area (Å²) in [7, 11) is 1.64. The normalized spacial score (nSPS) is 15.9. The minimum Gasteiger partial charge on any atom is -0.497 e. The van der Waals surface area contributed by atoms with E-state index in [-0.39, 0.29) is 23.4 Å². The summed E-state index contributed by atoms with van der Waals surface area (Å²) in [5.41, 5.74) is 2.78. The van der Waals surface area contributed by atoms with Gasteiger partial charge in [-0.3, -0.25) is 4.68 Å². The van der Waals surface area contributed by atoms with Crippen LogP contribution in [0.1, 0.15) is 17.4 Å². The van der Waals surface area contributed by atoms with E-state index in [1.165, 1.54) is 6.07 Å². The van der Waals surface area contributed by atoms with Crippen molar-refractivity contribution in [3.8, 4) is 28.7 Å². The third-order valence-corrected chi connectivity index (χ3v) is 4.88. The van der Waals surface area contributed by atoms with E-state index in [2.05, 4.69) is 15.2 Å². The Bertz CT molecular complexity index is 1150. The molecule has 0 aliphatic carbocycles. The first kappa shape index (κ1) is 17.6. The van der Waals surface area contributed by atoms with E-state index in [1.54, 1.807) is 25.3 Å². The van der Waals surface area contributed by atoms with Gasteiger partial charge in [-0.2, -0.15) is 10.1 Å². The molecule has 0 saturated carbocycles. The standard InChI is InChI=1S/C21H17FN4O3/c1-27-15-8-6-13(7-9-15)19-11-26-14(12-28-19)10-18(24-26)21-23-20(25-29-21)16-4-2-3-5-17(16)22/h2-10,19H,11-12H2,1H3. The second-order valence-electron chi connectivity index (χ2n) is 6.68. The number of rotatable bonds is 4. The molecule has 2 aromatic carbocycles. The van der Waals surface area contributed by atoms with E-state index in [0.29, 0.717) is 18.8 Å². The van der Waals surface area contributed by atoms with Crippen LogP contribution in [0.5, 0.6) is 5.75 Å². The Hall–Kier alpha value is -3.52. The first-order valence-corrected chi connectivity index (χ1v) is 9.12. The van der Waals surface area contributed by atoms with Crippen LogP contribution < -0.4 is 4.74 Å². The van der Waals surface area contributed by atoms with Crippen LogP contribution in [0.3, 0.4) is 0 Å². The SMILES string of the molecule is COc1ccc(C2Cn3nc(-c4nc(-c5ccccc5F)no4)cc3CO2)cc1. The fourth-order valence-electron chi connectivity index (χ4n) is 3.33. The Labute approximate surface area is 165 Å². The zero-order valence-electron chi connectivity index (χ0n) is 15.6. The van der Waals surface area contributed by atoms with Crippen molar-refractivity contribution < 1.29 is 18.4 Å². The zero-order valence-corrected chi connectivity index (χ0v) is 15.6. The van der Waals surface area contributed by atoms with Crippen molar-refractivity contribution in [2.75, 3.05) is 7.11 Å². The molecular weight excluding hydrogens is 375 g/mol. The molecule has 3 heterocycles. The maximum atomic E-state index is 14.0. The van der Waals surface area contributed by atoms with Crippen LogP contribution in [0.25, 0.3) is 23.0 Å². The predicted octanol–water partition coefficient (Wildman–Crippen LogP) is 4.02. The molecule has 0 amide bonds. The largest absolute Gasteiger partial charge is 0.497 e. The van der Waals surface area contributed by atoms with Gasteiger partial charge in [0.05, 0.1) is 31.5 Å². The fourth-order valence-corrected chi connectivity index (χ4v) is 3.33. The van der Waals surface area contributed by atoms with Crippen molar-refractivity contribution >= 4 is 0 Å². The number of benzene rings is 2. The molecule has 0 fully saturated rings. The molecule has 2 aromatic heterocycles. The molecule has 29 heavy (non-hydrogen) atoms. The van der Waals surface area contributed by atoms with Crippen molar-refractivity contribution in [3.63, 3.8) is 0 Å². The summed E-state index contributed by atoms with van der Waals surface area (Å²) in [6.07, 6.45) is -0.113. The lowest BCUT2D eigenvalue weighted by Crippen LogP contribution is -2.21. The maximum Gasteiger partial charge on any atom is 0.278 e. The number of hydrogen-bond acceptors (Lipinski definition) is 6. The Balaban J connectivity index is 1.39. The summed E-state index contributed by atoms with van der Waals surface area (Å²) in [5.74, 6) is 0.830. The van der Waals surface area contributed by atoms with E-state index in [1.807, 2.05) is 35.0 Å². The van der Waals surface area contributed by atoms with Gasteiger partial charge in [-0.05, 0) is 35.9 Å². The van der Waals surface area contributed by atoms with Crippen molar-refractivity contribution in [2.45, 2.75) is 19.3 Å². The highest BCUT2D eigenvalue weighted by Crippen LogP contribution is 2.30. The van der Waals surface area contributed by atoms with Crippen LogP contribution in [-0.4, -0.2) is 27.0 Å². The molecule has 1 aliphatic rings. The van der Waals surface area contributed by atoms with Crippen molar-refractivity contribution in [1.29, 1.82) is 0 Å². The van der Waals surface area contributed by atoms with Crippen LogP contribution in [0.15, 0.2) is 59.1 Å². The molecule has 5 rings (SSSR count). The molecule has 1 unspecified atom stereocenters. The minimum atomic E-state index is -0.403. The molecule has 8 heteroatoms. The summed E-state index contributed by atoms with van der Waals surface area (Å²) in [4.78, 5) is 4.30. The topological polar surface area (TPSA) is 75.2 Å². The Morgan fingerprint density at radius 2 is 1.97 bits per heavy atom. The second-order valence-corrected chi connectivity index (χ2v) is 6.68. The molecule has 0 bridgehead atoms. The molecule has 1 atom stereocenters. The monoisotopic (exact) mass is 392 g/mol. The van der Waals surface area contributed by atoms with Crippen LogP contribution in [0, 0.1) is 5.82 Å². The third kappa shape index (κ3) is 3.27. The van der Waals surface area contributed by atoms with E-state index in [9.17, 15) is 4.39 Å².